The normalized spacial score (nSPS) is 13.3. The third kappa shape index (κ3) is 5.74. The van der Waals surface area contributed by atoms with Crippen molar-refractivity contribution < 1.29 is 17.9 Å². The molecule has 0 saturated heterocycles. The Morgan fingerprint density at radius 2 is 1.95 bits per heavy atom. The molecule has 0 bridgehead atoms. The molecule has 0 aliphatic rings. The number of rotatable bonds is 7. The summed E-state index contributed by atoms with van der Waals surface area (Å²) < 4.78 is 41.2. The van der Waals surface area contributed by atoms with Crippen LogP contribution in [0.25, 0.3) is 0 Å². The topological polar surface area (TPSA) is 21.3 Å². The predicted molar refractivity (Wildman–Crippen MR) is 72.5 cm³/mol. The molecule has 0 aliphatic heterocycles. The molecule has 19 heavy (non-hydrogen) atoms. The smallest absolute Gasteiger partial charge is 0.405 e. The van der Waals surface area contributed by atoms with Gasteiger partial charge in [0, 0.05) is 17.4 Å². The van der Waals surface area contributed by atoms with Gasteiger partial charge in [-0.05, 0) is 18.4 Å². The van der Waals surface area contributed by atoms with E-state index in [0.29, 0.717) is 17.9 Å². The monoisotopic (exact) mass is 293 g/mol. The molecule has 1 rings (SSSR count). The Kier molecular flexibility index (Phi) is 6.51. The molecule has 0 spiro atoms. The molecule has 0 radical (unpaired) electrons. The minimum Gasteiger partial charge on any atom is -0.405 e. The fourth-order valence-corrected chi connectivity index (χ4v) is 2.50. The molecule has 1 unspecified atom stereocenters. The fraction of sp³-hybridized carbons (Fsp3) is 0.538. The van der Waals surface area contributed by atoms with Crippen molar-refractivity contribution in [2.24, 2.45) is 0 Å². The number of alkyl halides is 3. The Morgan fingerprint density at radius 3 is 2.53 bits per heavy atom. The van der Waals surface area contributed by atoms with Crippen LogP contribution in [0.3, 0.4) is 0 Å². The van der Waals surface area contributed by atoms with E-state index in [0.717, 1.165) is 5.75 Å². The first-order chi connectivity index (χ1) is 8.98. The van der Waals surface area contributed by atoms with Crippen molar-refractivity contribution in [3.8, 4) is 5.75 Å². The van der Waals surface area contributed by atoms with Crippen molar-refractivity contribution in [2.45, 2.75) is 26.3 Å². The zero-order chi connectivity index (χ0) is 14.3. The van der Waals surface area contributed by atoms with E-state index in [1.165, 1.54) is 6.07 Å². The maximum Gasteiger partial charge on any atom is 0.573 e. The quantitative estimate of drug-likeness (QED) is 0.821. The molecule has 1 atom stereocenters. The molecular formula is C13H18F3NOS. The van der Waals surface area contributed by atoms with Crippen molar-refractivity contribution in [3.63, 3.8) is 0 Å². The van der Waals surface area contributed by atoms with E-state index in [-0.39, 0.29) is 11.8 Å². The van der Waals surface area contributed by atoms with Crippen LogP contribution in [0.5, 0.6) is 5.75 Å². The highest BCUT2D eigenvalue weighted by molar-refractivity contribution is 7.99. The van der Waals surface area contributed by atoms with Crippen LogP contribution in [-0.4, -0.2) is 24.4 Å². The summed E-state index contributed by atoms with van der Waals surface area (Å²) in [5.74, 6) is 1.50. The average Bonchev–Trinajstić information content (AvgIpc) is 2.33. The van der Waals surface area contributed by atoms with Gasteiger partial charge in [0.1, 0.15) is 5.75 Å². The van der Waals surface area contributed by atoms with Gasteiger partial charge in [0.25, 0.3) is 0 Å². The maximum absolute atomic E-state index is 12.4. The number of hydrogen-bond acceptors (Lipinski definition) is 3. The lowest BCUT2D eigenvalue weighted by Crippen LogP contribution is -2.25. The standard InChI is InChI=1S/C13H18F3NOS/c1-3-17-11(9-19-4-2)10-7-5-6-8-12(10)18-13(14,15)16/h5-8,11,17H,3-4,9H2,1-2H3. The average molecular weight is 293 g/mol. The van der Waals surface area contributed by atoms with E-state index in [1.807, 2.05) is 13.8 Å². The number of ether oxygens (including phenoxy) is 1. The summed E-state index contributed by atoms with van der Waals surface area (Å²) in [5.41, 5.74) is 0.544. The van der Waals surface area contributed by atoms with E-state index in [2.05, 4.69) is 10.1 Å². The Balaban J connectivity index is 2.94. The van der Waals surface area contributed by atoms with Crippen molar-refractivity contribution in [2.75, 3.05) is 18.1 Å². The van der Waals surface area contributed by atoms with Gasteiger partial charge in [-0.2, -0.15) is 11.8 Å². The van der Waals surface area contributed by atoms with Crippen molar-refractivity contribution in [1.82, 2.24) is 5.32 Å². The summed E-state index contributed by atoms with van der Waals surface area (Å²) in [6, 6.07) is 6.14. The Morgan fingerprint density at radius 1 is 1.26 bits per heavy atom. The third-order valence-corrected chi connectivity index (χ3v) is 3.44. The van der Waals surface area contributed by atoms with Crippen LogP contribution < -0.4 is 10.1 Å². The van der Waals surface area contributed by atoms with Gasteiger partial charge in [0.05, 0.1) is 0 Å². The Labute approximate surface area is 115 Å². The number of nitrogens with one attached hydrogen (secondary N) is 1. The molecule has 0 aliphatic carbocycles. The maximum atomic E-state index is 12.4. The Bertz CT molecular complexity index is 384. The summed E-state index contributed by atoms with van der Waals surface area (Å²) >= 11 is 1.68. The molecule has 0 saturated carbocycles. The highest BCUT2D eigenvalue weighted by Gasteiger charge is 2.32. The largest absolute Gasteiger partial charge is 0.573 e. The zero-order valence-corrected chi connectivity index (χ0v) is 11.8. The molecule has 0 amide bonds. The van der Waals surface area contributed by atoms with E-state index in [4.69, 9.17) is 0 Å². The van der Waals surface area contributed by atoms with Crippen LogP contribution in [0.4, 0.5) is 13.2 Å². The summed E-state index contributed by atoms with van der Waals surface area (Å²) in [5, 5.41) is 3.19. The summed E-state index contributed by atoms with van der Waals surface area (Å²) in [6.45, 7) is 4.64. The number of benzene rings is 1. The molecule has 0 heterocycles. The first-order valence-electron chi connectivity index (χ1n) is 6.13. The van der Waals surface area contributed by atoms with Crippen LogP contribution in [0.2, 0.25) is 0 Å². The lowest BCUT2D eigenvalue weighted by atomic mass is 10.1. The lowest BCUT2D eigenvalue weighted by Gasteiger charge is -2.21. The predicted octanol–water partition coefficient (Wildman–Crippen LogP) is 3.99. The van der Waals surface area contributed by atoms with Gasteiger partial charge in [-0.1, -0.05) is 32.0 Å². The minimum absolute atomic E-state index is 0.127. The van der Waals surface area contributed by atoms with Gasteiger partial charge in [0.2, 0.25) is 0 Å². The van der Waals surface area contributed by atoms with E-state index in [1.54, 1.807) is 30.0 Å². The SMILES string of the molecule is CCNC(CSCC)c1ccccc1OC(F)(F)F. The van der Waals surface area contributed by atoms with Crippen molar-refractivity contribution in [3.05, 3.63) is 29.8 Å². The fourth-order valence-electron chi connectivity index (χ4n) is 1.73. The third-order valence-electron chi connectivity index (χ3n) is 2.46. The van der Waals surface area contributed by atoms with Gasteiger partial charge in [-0.25, -0.2) is 0 Å². The summed E-state index contributed by atoms with van der Waals surface area (Å²) in [4.78, 5) is 0. The molecule has 0 aromatic heterocycles. The summed E-state index contributed by atoms with van der Waals surface area (Å²) in [6.07, 6.45) is -4.66. The Hall–Kier alpha value is -0.880. The molecular weight excluding hydrogens is 275 g/mol. The molecule has 6 heteroatoms. The second kappa shape index (κ2) is 7.65. The molecule has 0 fully saturated rings. The highest BCUT2D eigenvalue weighted by atomic mass is 32.2. The number of thioether (sulfide) groups is 1. The lowest BCUT2D eigenvalue weighted by molar-refractivity contribution is -0.275. The molecule has 1 N–H and O–H groups in total. The van der Waals surface area contributed by atoms with E-state index in [9.17, 15) is 13.2 Å². The first kappa shape index (κ1) is 16.2. The van der Waals surface area contributed by atoms with Gasteiger partial charge in [0.15, 0.2) is 0 Å². The van der Waals surface area contributed by atoms with Gasteiger partial charge in [-0.3, -0.25) is 0 Å². The highest BCUT2D eigenvalue weighted by Crippen LogP contribution is 2.31. The molecule has 108 valence electrons. The first-order valence-corrected chi connectivity index (χ1v) is 7.29. The van der Waals surface area contributed by atoms with Crippen LogP contribution >= 0.6 is 11.8 Å². The van der Waals surface area contributed by atoms with Gasteiger partial charge < -0.3 is 10.1 Å². The molecule has 2 nitrogen and oxygen atoms in total. The number of hydrogen-bond donors (Lipinski definition) is 1. The number of halogens is 3. The summed E-state index contributed by atoms with van der Waals surface area (Å²) in [7, 11) is 0. The van der Waals surface area contributed by atoms with Crippen LogP contribution in [-0.2, 0) is 0 Å². The zero-order valence-electron chi connectivity index (χ0n) is 11.0. The molecule has 1 aromatic rings. The van der Waals surface area contributed by atoms with Crippen LogP contribution in [0.15, 0.2) is 24.3 Å². The van der Waals surface area contributed by atoms with E-state index < -0.39 is 6.36 Å². The minimum atomic E-state index is -4.66. The van der Waals surface area contributed by atoms with Crippen LogP contribution in [0.1, 0.15) is 25.5 Å². The molecule has 1 aromatic carbocycles. The van der Waals surface area contributed by atoms with Crippen molar-refractivity contribution >= 4 is 11.8 Å². The van der Waals surface area contributed by atoms with Gasteiger partial charge >= 0.3 is 6.36 Å². The van der Waals surface area contributed by atoms with Crippen LogP contribution in [0, 0.1) is 0 Å². The van der Waals surface area contributed by atoms with Gasteiger partial charge in [-0.15, -0.1) is 13.2 Å². The second-order valence-corrected chi connectivity index (χ2v) is 5.17. The second-order valence-electron chi connectivity index (χ2n) is 3.86. The van der Waals surface area contributed by atoms with E-state index >= 15 is 0 Å². The number of para-hydroxylation sites is 1. The van der Waals surface area contributed by atoms with Crippen molar-refractivity contribution in [1.29, 1.82) is 0 Å².